The highest BCUT2D eigenvalue weighted by Gasteiger charge is 1.94. The molecule has 40 valence electrons. The van der Waals surface area contributed by atoms with Gasteiger partial charge < -0.3 is 10.0 Å². The van der Waals surface area contributed by atoms with Crippen LogP contribution in [0.4, 0.5) is 0 Å². The van der Waals surface area contributed by atoms with Crippen LogP contribution >= 0.6 is 11.6 Å². The minimum Gasteiger partial charge on any atom is -0.424 e. The van der Waals surface area contributed by atoms with Crippen LogP contribution < -0.4 is 0 Å². The summed E-state index contributed by atoms with van der Waals surface area (Å²) in [5.41, 5.74) is 0. The van der Waals surface area contributed by atoms with Gasteiger partial charge in [0.25, 0.3) is 0 Å². The summed E-state index contributed by atoms with van der Waals surface area (Å²) in [5, 5.41) is 16.2. The first-order valence-corrected chi connectivity index (χ1v) is 2.39. The fraction of sp³-hybridized carbons (Fsp3) is 0.333. The molecule has 0 aromatic rings. The fourth-order valence-electron chi connectivity index (χ4n) is 0.173. The number of hydrogen-bond acceptors (Lipinski definition) is 2. The fourth-order valence-corrected chi connectivity index (χ4v) is 0.276. The van der Waals surface area contributed by atoms with Crippen molar-refractivity contribution in [1.82, 2.24) is 0 Å². The van der Waals surface area contributed by atoms with Gasteiger partial charge in [0.2, 0.25) is 0 Å². The van der Waals surface area contributed by atoms with Crippen LogP contribution in [0.1, 0.15) is 0 Å². The molecule has 0 atom stereocenters. The van der Waals surface area contributed by atoms with Gasteiger partial charge >= 0.3 is 7.12 Å². The van der Waals surface area contributed by atoms with Gasteiger partial charge in [0.05, 0.1) is 0 Å². The monoisotopic (exact) mass is 120 g/mol. The molecule has 2 N–H and O–H groups in total. The lowest BCUT2D eigenvalue weighted by Crippen LogP contribution is -2.05. The van der Waals surface area contributed by atoms with Crippen molar-refractivity contribution in [3.63, 3.8) is 0 Å². The highest BCUT2D eigenvalue weighted by molar-refractivity contribution is 6.47. The molecule has 0 radical (unpaired) electrons. The van der Waals surface area contributed by atoms with Crippen LogP contribution in [0, 0.1) is 0 Å². The molecule has 2 nitrogen and oxygen atoms in total. The van der Waals surface area contributed by atoms with E-state index in [9.17, 15) is 0 Å². The molecule has 0 aliphatic heterocycles. The second kappa shape index (κ2) is 4.18. The third-order valence-corrected chi connectivity index (χ3v) is 0.575. The highest BCUT2D eigenvalue weighted by Crippen LogP contribution is 1.77. The van der Waals surface area contributed by atoms with E-state index >= 15 is 0 Å². The molecule has 0 saturated heterocycles. The van der Waals surface area contributed by atoms with Crippen LogP contribution in [0.25, 0.3) is 0 Å². The van der Waals surface area contributed by atoms with Gasteiger partial charge in [-0.2, -0.15) is 0 Å². The van der Waals surface area contributed by atoms with Gasteiger partial charge in [-0.3, -0.25) is 0 Å². The van der Waals surface area contributed by atoms with E-state index in [2.05, 4.69) is 0 Å². The van der Waals surface area contributed by atoms with E-state index in [1.807, 2.05) is 0 Å². The zero-order valence-electron chi connectivity index (χ0n) is 3.71. The molecule has 0 fully saturated rings. The highest BCUT2D eigenvalue weighted by atomic mass is 35.5. The summed E-state index contributed by atoms with van der Waals surface area (Å²) in [6, 6.07) is 0. The van der Waals surface area contributed by atoms with Crippen molar-refractivity contribution < 1.29 is 10.0 Å². The summed E-state index contributed by atoms with van der Waals surface area (Å²) >= 11 is 5.14. The van der Waals surface area contributed by atoms with Crippen LogP contribution in [0.3, 0.4) is 0 Å². The average molecular weight is 120 g/mol. The molecular weight excluding hydrogens is 114 g/mol. The van der Waals surface area contributed by atoms with E-state index < -0.39 is 7.12 Å². The van der Waals surface area contributed by atoms with E-state index in [0.29, 0.717) is 5.88 Å². The van der Waals surface area contributed by atoms with Crippen LogP contribution in [0.15, 0.2) is 12.1 Å². The zero-order chi connectivity index (χ0) is 5.70. The van der Waals surface area contributed by atoms with E-state index in [4.69, 9.17) is 21.6 Å². The standard InChI is InChI=1S/C3H6BClO2/c5-3-1-2-4(6)7/h1-2,6-7H,3H2. The summed E-state index contributed by atoms with van der Waals surface area (Å²) < 4.78 is 0. The first-order chi connectivity index (χ1) is 3.27. The Bertz CT molecular complexity index is 64.0. The van der Waals surface area contributed by atoms with Crippen LogP contribution in [0.2, 0.25) is 0 Å². The Balaban J connectivity index is 3.08. The minimum atomic E-state index is -1.36. The topological polar surface area (TPSA) is 40.5 Å². The Morgan fingerprint density at radius 2 is 2.14 bits per heavy atom. The Labute approximate surface area is 47.6 Å². The van der Waals surface area contributed by atoms with Crippen LogP contribution in [-0.2, 0) is 0 Å². The first-order valence-electron chi connectivity index (χ1n) is 1.86. The van der Waals surface area contributed by atoms with Gasteiger partial charge in [-0.1, -0.05) is 12.1 Å². The molecule has 0 unspecified atom stereocenters. The van der Waals surface area contributed by atoms with Gasteiger partial charge in [-0.25, -0.2) is 0 Å². The molecule has 4 heteroatoms. The molecule has 0 saturated carbocycles. The van der Waals surface area contributed by atoms with E-state index in [1.165, 1.54) is 12.1 Å². The summed E-state index contributed by atoms with van der Waals surface area (Å²) in [7, 11) is -1.36. The smallest absolute Gasteiger partial charge is 0.424 e. The lowest BCUT2D eigenvalue weighted by molar-refractivity contribution is 0.424. The van der Waals surface area contributed by atoms with Gasteiger partial charge in [0, 0.05) is 5.88 Å². The third-order valence-electron chi connectivity index (χ3n) is 0.397. The van der Waals surface area contributed by atoms with Crippen LogP contribution in [0.5, 0.6) is 0 Å². The number of rotatable bonds is 2. The lowest BCUT2D eigenvalue weighted by Gasteiger charge is -1.80. The van der Waals surface area contributed by atoms with Crippen molar-refractivity contribution in [1.29, 1.82) is 0 Å². The summed E-state index contributed by atoms with van der Waals surface area (Å²) in [5.74, 6) is 1.52. The normalized spacial score (nSPS) is 10.1. The third kappa shape index (κ3) is 6.01. The van der Waals surface area contributed by atoms with Crippen molar-refractivity contribution in [3.8, 4) is 0 Å². The second-order valence-corrected chi connectivity index (χ2v) is 1.30. The summed E-state index contributed by atoms with van der Waals surface area (Å²) in [4.78, 5) is 0. The summed E-state index contributed by atoms with van der Waals surface area (Å²) in [6.45, 7) is 0. The molecular formula is C3H6BClO2. The molecule has 0 bridgehead atoms. The lowest BCUT2D eigenvalue weighted by atomic mass is 9.92. The molecule has 0 spiro atoms. The molecule has 0 aromatic carbocycles. The van der Waals surface area contributed by atoms with Crippen molar-refractivity contribution in [3.05, 3.63) is 12.1 Å². The Kier molecular flexibility index (Phi) is 4.19. The van der Waals surface area contributed by atoms with Gasteiger partial charge in [0.15, 0.2) is 0 Å². The van der Waals surface area contributed by atoms with E-state index in [0.717, 1.165) is 0 Å². The van der Waals surface area contributed by atoms with Gasteiger partial charge in [-0.05, 0) is 0 Å². The molecule has 0 heterocycles. The molecule has 0 aromatic heterocycles. The molecule has 0 aliphatic carbocycles. The number of hydrogen-bond donors (Lipinski definition) is 2. The average Bonchev–Trinajstić information content (AvgIpc) is 1.61. The molecule has 0 amide bonds. The van der Waals surface area contributed by atoms with Crippen molar-refractivity contribution in [2.24, 2.45) is 0 Å². The van der Waals surface area contributed by atoms with Crippen molar-refractivity contribution >= 4 is 18.7 Å². The van der Waals surface area contributed by atoms with E-state index in [1.54, 1.807) is 0 Å². The van der Waals surface area contributed by atoms with Crippen LogP contribution in [-0.4, -0.2) is 23.0 Å². The zero-order valence-corrected chi connectivity index (χ0v) is 4.47. The largest absolute Gasteiger partial charge is 0.480 e. The number of halogens is 1. The predicted molar refractivity (Wildman–Crippen MR) is 30.1 cm³/mol. The first kappa shape index (κ1) is 7.01. The van der Waals surface area contributed by atoms with Gasteiger partial charge in [0.1, 0.15) is 0 Å². The number of allylic oxidation sites excluding steroid dienone is 1. The Morgan fingerprint density at radius 1 is 1.57 bits per heavy atom. The second-order valence-electron chi connectivity index (χ2n) is 0.996. The SMILES string of the molecule is OB(O)C=CCCl. The van der Waals surface area contributed by atoms with Crippen molar-refractivity contribution in [2.75, 3.05) is 5.88 Å². The Morgan fingerprint density at radius 3 is 2.29 bits per heavy atom. The Hall–Kier alpha value is 0.0149. The quantitative estimate of drug-likeness (QED) is 0.391. The maximum atomic E-state index is 8.09. The number of alkyl halides is 1. The predicted octanol–water partition coefficient (Wildman–Crippen LogP) is -0.207. The maximum Gasteiger partial charge on any atom is 0.480 e. The van der Waals surface area contributed by atoms with Gasteiger partial charge in [-0.15, -0.1) is 11.6 Å². The maximum absolute atomic E-state index is 8.09. The summed E-state index contributed by atoms with van der Waals surface area (Å²) in [6.07, 6.45) is 1.46. The molecule has 0 aliphatic rings. The van der Waals surface area contributed by atoms with Crippen molar-refractivity contribution in [2.45, 2.75) is 0 Å². The molecule has 7 heavy (non-hydrogen) atoms. The molecule has 0 rings (SSSR count). The minimum absolute atomic E-state index is 0.317. The van der Waals surface area contributed by atoms with E-state index in [-0.39, 0.29) is 0 Å².